The first-order valence-corrected chi connectivity index (χ1v) is 4.09. The maximum Gasteiger partial charge on any atom is 0.431 e. The molecule has 0 aliphatic carbocycles. The molecule has 3 N–H and O–H groups in total. The summed E-state index contributed by atoms with van der Waals surface area (Å²) < 4.78 is 61.3. The second-order valence-corrected chi connectivity index (χ2v) is 2.94. The molecule has 0 unspecified atom stereocenters. The molecular formula is C8H7F5N2O. The summed E-state index contributed by atoms with van der Waals surface area (Å²) in [6, 6.07) is 0.0979. The molecular weight excluding hydrogens is 235 g/mol. The van der Waals surface area contributed by atoms with Gasteiger partial charge in [0.15, 0.2) is 5.43 Å². The Morgan fingerprint density at radius 3 is 2.31 bits per heavy atom. The molecule has 0 bridgehead atoms. The van der Waals surface area contributed by atoms with Gasteiger partial charge >= 0.3 is 6.18 Å². The van der Waals surface area contributed by atoms with Crippen LogP contribution in [-0.4, -0.2) is 4.98 Å². The topological polar surface area (TPSA) is 58.9 Å². The number of nitrogens with one attached hydrogen (secondary N) is 1. The molecule has 1 heterocycles. The molecule has 0 saturated carbocycles. The summed E-state index contributed by atoms with van der Waals surface area (Å²) in [5, 5.41) is 0. The molecule has 0 amide bonds. The van der Waals surface area contributed by atoms with Gasteiger partial charge in [0.25, 0.3) is 6.43 Å². The molecule has 16 heavy (non-hydrogen) atoms. The first kappa shape index (κ1) is 12.6. The van der Waals surface area contributed by atoms with Gasteiger partial charge in [-0.15, -0.1) is 0 Å². The number of pyridine rings is 1. The average Bonchev–Trinajstić information content (AvgIpc) is 2.14. The van der Waals surface area contributed by atoms with Crippen LogP contribution in [0.4, 0.5) is 22.0 Å². The fourth-order valence-electron chi connectivity index (χ4n) is 1.18. The fourth-order valence-corrected chi connectivity index (χ4v) is 1.18. The van der Waals surface area contributed by atoms with E-state index in [0.29, 0.717) is 0 Å². The van der Waals surface area contributed by atoms with Crippen LogP contribution < -0.4 is 11.2 Å². The van der Waals surface area contributed by atoms with Crippen molar-refractivity contribution in [3.63, 3.8) is 0 Å². The number of hydrogen-bond acceptors (Lipinski definition) is 2. The molecule has 8 heteroatoms. The van der Waals surface area contributed by atoms with Crippen LogP contribution in [0.2, 0.25) is 0 Å². The number of hydrogen-bond donors (Lipinski definition) is 2. The predicted octanol–water partition coefficient (Wildman–Crippen LogP) is 1.79. The van der Waals surface area contributed by atoms with Crippen molar-refractivity contribution in [3.8, 4) is 0 Å². The molecule has 0 fully saturated rings. The van der Waals surface area contributed by atoms with Crippen molar-refractivity contribution in [2.24, 2.45) is 5.73 Å². The number of alkyl halides is 5. The van der Waals surface area contributed by atoms with Crippen LogP contribution in [0.1, 0.15) is 23.4 Å². The van der Waals surface area contributed by atoms with E-state index in [0.717, 1.165) is 0 Å². The van der Waals surface area contributed by atoms with Crippen molar-refractivity contribution in [3.05, 3.63) is 33.2 Å². The lowest BCUT2D eigenvalue weighted by molar-refractivity contribution is -0.141. The number of aromatic amines is 1. The van der Waals surface area contributed by atoms with Gasteiger partial charge in [0.2, 0.25) is 0 Å². The zero-order valence-electron chi connectivity index (χ0n) is 7.74. The van der Waals surface area contributed by atoms with Crippen LogP contribution >= 0.6 is 0 Å². The van der Waals surface area contributed by atoms with Crippen LogP contribution in [0.5, 0.6) is 0 Å². The van der Waals surface area contributed by atoms with Gasteiger partial charge in [-0.1, -0.05) is 0 Å². The van der Waals surface area contributed by atoms with Crippen LogP contribution in [0, 0.1) is 0 Å². The summed E-state index contributed by atoms with van der Waals surface area (Å²) in [6.45, 7) is -0.598. The summed E-state index contributed by atoms with van der Waals surface area (Å²) in [4.78, 5) is 12.7. The number of nitrogens with two attached hydrogens (primary N) is 1. The summed E-state index contributed by atoms with van der Waals surface area (Å²) in [7, 11) is 0. The summed E-state index contributed by atoms with van der Waals surface area (Å²) >= 11 is 0. The van der Waals surface area contributed by atoms with E-state index in [1.165, 1.54) is 0 Å². The molecule has 1 aromatic heterocycles. The molecule has 0 radical (unpaired) electrons. The number of H-pyrrole nitrogens is 1. The van der Waals surface area contributed by atoms with E-state index in [1.54, 1.807) is 4.98 Å². The molecule has 0 atom stereocenters. The van der Waals surface area contributed by atoms with E-state index in [9.17, 15) is 26.7 Å². The average molecular weight is 242 g/mol. The fraction of sp³-hybridized carbons (Fsp3) is 0.375. The molecule has 0 aliphatic heterocycles. The number of aromatic nitrogens is 1. The molecule has 90 valence electrons. The van der Waals surface area contributed by atoms with E-state index in [2.05, 4.69) is 0 Å². The highest BCUT2D eigenvalue weighted by Gasteiger charge is 2.33. The number of halogens is 5. The minimum Gasteiger partial charge on any atom is -0.353 e. The zero-order valence-corrected chi connectivity index (χ0v) is 7.74. The molecule has 0 aromatic carbocycles. The zero-order chi connectivity index (χ0) is 12.5. The molecule has 0 saturated heterocycles. The molecule has 0 spiro atoms. The minimum absolute atomic E-state index is 0.0979. The minimum atomic E-state index is -4.80. The van der Waals surface area contributed by atoms with Crippen molar-refractivity contribution in [1.29, 1.82) is 0 Å². The Balaban J connectivity index is 3.45. The van der Waals surface area contributed by atoms with Crippen molar-refractivity contribution in [2.45, 2.75) is 19.1 Å². The first-order valence-electron chi connectivity index (χ1n) is 4.09. The van der Waals surface area contributed by atoms with Crippen molar-refractivity contribution in [1.82, 2.24) is 4.98 Å². The van der Waals surface area contributed by atoms with Crippen LogP contribution in [-0.2, 0) is 12.7 Å². The van der Waals surface area contributed by atoms with E-state index in [-0.39, 0.29) is 6.07 Å². The Kier molecular flexibility index (Phi) is 3.32. The Bertz CT molecular complexity index is 437. The van der Waals surface area contributed by atoms with Crippen molar-refractivity contribution < 1.29 is 22.0 Å². The lowest BCUT2D eigenvalue weighted by atomic mass is 10.1. The normalized spacial score (nSPS) is 12.2. The van der Waals surface area contributed by atoms with Crippen LogP contribution in [0.15, 0.2) is 10.9 Å². The SMILES string of the molecule is NCc1[nH]c(C(F)(F)F)cc(=O)c1C(F)F. The Labute approximate surface area is 86.1 Å². The van der Waals surface area contributed by atoms with Gasteiger partial charge in [-0.05, 0) is 0 Å². The predicted molar refractivity (Wildman–Crippen MR) is 44.9 cm³/mol. The summed E-state index contributed by atoms with van der Waals surface area (Å²) in [6.07, 6.45) is -7.96. The molecule has 3 nitrogen and oxygen atoms in total. The Morgan fingerprint density at radius 1 is 1.38 bits per heavy atom. The second kappa shape index (κ2) is 4.20. The van der Waals surface area contributed by atoms with Gasteiger partial charge in [0.1, 0.15) is 5.69 Å². The monoisotopic (exact) mass is 242 g/mol. The second-order valence-electron chi connectivity index (χ2n) is 2.94. The third-order valence-corrected chi connectivity index (χ3v) is 1.88. The molecule has 0 aliphatic rings. The highest BCUT2D eigenvalue weighted by molar-refractivity contribution is 5.25. The maximum atomic E-state index is 12.3. The largest absolute Gasteiger partial charge is 0.431 e. The van der Waals surface area contributed by atoms with E-state index < -0.39 is 41.5 Å². The smallest absolute Gasteiger partial charge is 0.353 e. The first-order chi connectivity index (χ1) is 7.27. The van der Waals surface area contributed by atoms with Crippen LogP contribution in [0.25, 0.3) is 0 Å². The van der Waals surface area contributed by atoms with Gasteiger partial charge in [-0.25, -0.2) is 8.78 Å². The van der Waals surface area contributed by atoms with Gasteiger partial charge < -0.3 is 10.7 Å². The highest BCUT2D eigenvalue weighted by atomic mass is 19.4. The summed E-state index contributed by atoms with van der Waals surface area (Å²) in [5.74, 6) is 0. The van der Waals surface area contributed by atoms with Crippen LogP contribution in [0.3, 0.4) is 0 Å². The maximum absolute atomic E-state index is 12.3. The summed E-state index contributed by atoms with van der Waals surface area (Å²) in [5.41, 5.74) is 0.618. The van der Waals surface area contributed by atoms with Gasteiger partial charge in [0, 0.05) is 18.3 Å². The van der Waals surface area contributed by atoms with Crippen molar-refractivity contribution in [2.75, 3.05) is 0 Å². The van der Waals surface area contributed by atoms with E-state index in [4.69, 9.17) is 5.73 Å². The molecule has 1 aromatic rings. The molecule has 1 rings (SSSR count). The third kappa shape index (κ3) is 2.38. The number of rotatable bonds is 2. The van der Waals surface area contributed by atoms with E-state index >= 15 is 0 Å². The highest BCUT2D eigenvalue weighted by Crippen LogP contribution is 2.28. The quantitative estimate of drug-likeness (QED) is 0.777. The third-order valence-electron chi connectivity index (χ3n) is 1.88. The van der Waals surface area contributed by atoms with Gasteiger partial charge in [-0.2, -0.15) is 13.2 Å². The van der Waals surface area contributed by atoms with Crippen molar-refractivity contribution >= 4 is 0 Å². The standard InChI is InChI=1S/C8H7F5N2O/c9-7(10)6-3(2-14)15-5(1-4(6)16)8(11,12)13/h1,7H,2,14H2,(H,15,16). The van der Waals surface area contributed by atoms with Gasteiger partial charge in [-0.3, -0.25) is 4.79 Å². The lowest BCUT2D eigenvalue weighted by Gasteiger charge is -2.11. The lowest BCUT2D eigenvalue weighted by Crippen LogP contribution is -2.22. The Hall–Kier alpha value is -1.44. The Morgan fingerprint density at radius 2 is 1.94 bits per heavy atom. The van der Waals surface area contributed by atoms with Gasteiger partial charge in [0.05, 0.1) is 5.56 Å². The van der Waals surface area contributed by atoms with E-state index in [1.807, 2.05) is 0 Å².